The molecule has 1 rings (SSSR count). The van der Waals surface area contributed by atoms with Crippen LogP contribution in [-0.4, -0.2) is 20.2 Å². The van der Waals surface area contributed by atoms with Gasteiger partial charge in [-0.15, -0.1) is 0 Å². The monoisotopic (exact) mass is 253 g/mol. The summed E-state index contributed by atoms with van der Waals surface area (Å²) in [4.78, 5) is 10.4. The number of carboxylic acids is 1. The highest BCUT2D eigenvalue weighted by atomic mass is 16.5. The Morgan fingerprint density at radius 1 is 1.39 bits per heavy atom. The molecule has 0 heterocycles. The zero-order valence-corrected chi connectivity index (χ0v) is 10.8. The van der Waals surface area contributed by atoms with Crippen LogP contribution in [0.5, 0.6) is 11.5 Å². The number of rotatable bonds is 7. The standard InChI is InChI=1S/C13H19NO4/c1-17-9-6-7-10(12(8-9)18-2)11(14)4-3-5-13(15)16/h6-8,11H,3-5,14H2,1-2H3,(H,15,16)/t11-/m1/s1. The van der Waals surface area contributed by atoms with Crippen molar-refractivity contribution in [3.63, 3.8) is 0 Å². The topological polar surface area (TPSA) is 86.2 Å². The van der Waals surface area contributed by atoms with E-state index < -0.39 is 5.97 Å². The molecule has 1 aromatic rings. The third-order valence-electron chi connectivity index (χ3n) is 2.81. The SMILES string of the molecule is COc1ccc([C@H]([NH3+])CCCC(=O)[O-])c(OC)c1. The fourth-order valence-corrected chi connectivity index (χ4v) is 1.80. The molecular formula is C13H19NO4. The van der Waals surface area contributed by atoms with Gasteiger partial charge in [-0.05, 0) is 25.0 Å². The fraction of sp³-hybridized carbons (Fsp3) is 0.462. The van der Waals surface area contributed by atoms with Crippen molar-refractivity contribution in [1.82, 2.24) is 0 Å². The van der Waals surface area contributed by atoms with Crippen molar-refractivity contribution in [2.24, 2.45) is 0 Å². The number of quaternary nitrogens is 1. The van der Waals surface area contributed by atoms with Gasteiger partial charge >= 0.3 is 0 Å². The molecular weight excluding hydrogens is 234 g/mol. The lowest BCUT2D eigenvalue weighted by atomic mass is 10.0. The van der Waals surface area contributed by atoms with Gasteiger partial charge in [0.05, 0.1) is 19.8 Å². The predicted octanol–water partition coefficient (Wildman–Crippen LogP) is -0.0930. The summed E-state index contributed by atoms with van der Waals surface area (Å²) < 4.78 is 10.4. The Morgan fingerprint density at radius 2 is 2.11 bits per heavy atom. The number of carbonyl (C=O) groups excluding carboxylic acids is 1. The number of hydrogen-bond donors (Lipinski definition) is 1. The van der Waals surface area contributed by atoms with E-state index in [9.17, 15) is 9.90 Å². The smallest absolute Gasteiger partial charge is 0.131 e. The maximum absolute atomic E-state index is 10.4. The Morgan fingerprint density at radius 3 is 2.67 bits per heavy atom. The molecule has 0 aliphatic heterocycles. The number of hydrogen-bond acceptors (Lipinski definition) is 4. The summed E-state index contributed by atoms with van der Waals surface area (Å²) in [6.07, 6.45) is 1.28. The van der Waals surface area contributed by atoms with Gasteiger partial charge in [0.2, 0.25) is 0 Å². The minimum atomic E-state index is -1.02. The van der Waals surface area contributed by atoms with E-state index in [1.807, 2.05) is 12.1 Å². The zero-order valence-electron chi connectivity index (χ0n) is 10.8. The second-order valence-corrected chi connectivity index (χ2v) is 4.07. The van der Waals surface area contributed by atoms with Gasteiger partial charge in [0.15, 0.2) is 0 Å². The molecule has 3 N–H and O–H groups in total. The molecule has 1 atom stereocenters. The first-order valence-electron chi connectivity index (χ1n) is 5.83. The van der Waals surface area contributed by atoms with Crippen molar-refractivity contribution in [1.29, 1.82) is 0 Å². The van der Waals surface area contributed by atoms with E-state index in [4.69, 9.17) is 9.47 Å². The van der Waals surface area contributed by atoms with Gasteiger partial charge in [-0.3, -0.25) is 0 Å². The van der Waals surface area contributed by atoms with Crippen molar-refractivity contribution in [2.45, 2.75) is 25.3 Å². The summed E-state index contributed by atoms with van der Waals surface area (Å²) in [6, 6.07) is 5.53. The summed E-state index contributed by atoms with van der Waals surface area (Å²) in [5.41, 5.74) is 4.99. The molecule has 5 heteroatoms. The van der Waals surface area contributed by atoms with Crippen molar-refractivity contribution >= 4 is 5.97 Å². The minimum Gasteiger partial charge on any atom is -0.550 e. The van der Waals surface area contributed by atoms with Gasteiger partial charge in [0.25, 0.3) is 0 Å². The van der Waals surface area contributed by atoms with E-state index in [1.54, 1.807) is 20.3 Å². The van der Waals surface area contributed by atoms with Crippen molar-refractivity contribution in [3.8, 4) is 11.5 Å². The lowest BCUT2D eigenvalue weighted by molar-refractivity contribution is -0.428. The Kier molecular flexibility index (Phi) is 5.45. The van der Waals surface area contributed by atoms with Crippen molar-refractivity contribution in [3.05, 3.63) is 23.8 Å². The normalized spacial score (nSPS) is 11.9. The molecule has 1 aromatic carbocycles. The largest absolute Gasteiger partial charge is 0.550 e. The van der Waals surface area contributed by atoms with Gasteiger partial charge in [0, 0.05) is 18.5 Å². The maximum atomic E-state index is 10.4. The van der Waals surface area contributed by atoms with Crippen LogP contribution in [0.2, 0.25) is 0 Å². The quantitative estimate of drug-likeness (QED) is 0.735. The molecule has 0 spiro atoms. The van der Waals surface area contributed by atoms with Gasteiger partial charge in [-0.1, -0.05) is 0 Å². The second-order valence-electron chi connectivity index (χ2n) is 4.07. The third-order valence-corrected chi connectivity index (χ3v) is 2.81. The Balaban J connectivity index is 2.72. The Hall–Kier alpha value is -1.75. The Bertz CT molecular complexity index is 406. The van der Waals surface area contributed by atoms with E-state index in [1.165, 1.54) is 0 Å². The van der Waals surface area contributed by atoms with Crippen molar-refractivity contribution < 1.29 is 25.1 Å². The zero-order chi connectivity index (χ0) is 13.5. The number of benzene rings is 1. The van der Waals surface area contributed by atoms with Crippen LogP contribution in [0.25, 0.3) is 0 Å². The van der Waals surface area contributed by atoms with E-state index in [2.05, 4.69) is 5.73 Å². The summed E-state index contributed by atoms with van der Waals surface area (Å²) in [6.45, 7) is 0. The highest BCUT2D eigenvalue weighted by molar-refractivity contribution is 5.64. The molecule has 0 bridgehead atoms. The summed E-state index contributed by atoms with van der Waals surface area (Å²) >= 11 is 0. The number of aliphatic carboxylic acids is 1. The van der Waals surface area contributed by atoms with Crippen LogP contribution in [0.3, 0.4) is 0 Å². The van der Waals surface area contributed by atoms with Gasteiger partial charge in [-0.2, -0.15) is 0 Å². The van der Waals surface area contributed by atoms with Crippen LogP contribution >= 0.6 is 0 Å². The second kappa shape index (κ2) is 6.86. The molecule has 0 aliphatic carbocycles. The van der Waals surface area contributed by atoms with Gasteiger partial charge in [0.1, 0.15) is 17.5 Å². The number of methoxy groups -OCH3 is 2. The predicted molar refractivity (Wildman–Crippen MR) is 64.0 cm³/mol. The van der Waals surface area contributed by atoms with E-state index >= 15 is 0 Å². The third kappa shape index (κ3) is 3.92. The molecule has 0 saturated heterocycles. The highest BCUT2D eigenvalue weighted by Gasteiger charge is 2.15. The van der Waals surface area contributed by atoms with Gasteiger partial charge in [-0.25, -0.2) is 0 Å². The number of carbonyl (C=O) groups is 1. The first-order chi connectivity index (χ1) is 8.58. The van der Waals surface area contributed by atoms with Gasteiger partial charge < -0.3 is 25.1 Å². The first kappa shape index (κ1) is 14.3. The van der Waals surface area contributed by atoms with Crippen molar-refractivity contribution in [2.75, 3.05) is 14.2 Å². The molecule has 0 saturated carbocycles. The minimum absolute atomic E-state index is 0.00907. The maximum Gasteiger partial charge on any atom is 0.131 e. The average molecular weight is 253 g/mol. The molecule has 0 fully saturated rings. The molecule has 5 nitrogen and oxygen atoms in total. The van der Waals surface area contributed by atoms with Crippen LogP contribution in [0.4, 0.5) is 0 Å². The highest BCUT2D eigenvalue weighted by Crippen LogP contribution is 2.29. The summed E-state index contributed by atoms with van der Waals surface area (Å²) in [5, 5.41) is 10.4. The van der Waals surface area contributed by atoms with Crippen LogP contribution in [-0.2, 0) is 4.79 Å². The number of carboxylic acid groups (broad SMARTS) is 1. The van der Waals surface area contributed by atoms with E-state index in [0.29, 0.717) is 18.6 Å². The molecule has 0 unspecified atom stereocenters. The van der Waals surface area contributed by atoms with Crippen LogP contribution < -0.4 is 20.3 Å². The fourth-order valence-electron chi connectivity index (χ4n) is 1.80. The average Bonchev–Trinajstić information content (AvgIpc) is 2.37. The van der Waals surface area contributed by atoms with Crippen LogP contribution in [0, 0.1) is 0 Å². The molecule has 0 aliphatic rings. The lowest BCUT2D eigenvalue weighted by Crippen LogP contribution is -2.53. The first-order valence-corrected chi connectivity index (χ1v) is 5.83. The Labute approximate surface area is 107 Å². The summed E-state index contributed by atoms with van der Waals surface area (Å²) in [7, 11) is 3.18. The molecule has 0 amide bonds. The van der Waals surface area contributed by atoms with E-state index in [-0.39, 0.29) is 12.5 Å². The van der Waals surface area contributed by atoms with E-state index in [0.717, 1.165) is 11.3 Å². The van der Waals surface area contributed by atoms with Crippen LogP contribution in [0.15, 0.2) is 18.2 Å². The lowest BCUT2D eigenvalue weighted by Gasteiger charge is -2.14. The molecule has 0 radical (unpaired) electrons. The molecule has 100 valence electrons. The number of ether oxygens (including phenoxy) is 2. The summed E-state index contributed by atoms with van der Waals surface area (Å²) in [5.74, 6) is 0.407. The molecule has 18 heavy (non-hydrogen) atoms. The van der Waals surface area contributed by atoms with Crippen LogP contribution in [0.1, 0.15) is 30.9 Å². The molecule has 0 aromatic heterocycles.